The van der Waals surface area contributed by atoms with Crippen molar-refractivity contribution in [1.82, 2.24) is 4.90 Å². The Hall–Kier alpha value is -2.62. The maximum Gasteiger partial charge on any atom is 0.255 e. The van der Waals surface area contributed by atoms with E-state index in [2.05, 4.69) is 19.2 Å². The van der Waals surface area contributed by atoms with Crippen LogP contribution in [0.25, 0.3) is 0 Å². The van der Waals surface area contributed by atoms with Gasteiger partial charge in [-0.3, -0.25) is 9.59 Å². The predicted molar refractivity (Wildman–Crippen MR) is 99.4 cm³/mol. The second-order valence-corrected chi connectivity index (χ2v) is 7.09. The molecule has 1 heterocycles. The molecule has 2 aromatic rings. The first-order valence-corrected chi connectivity index (χ1v) is 8.72. The summed E-state index contributed by atoms with van der Waals surface area (Å²) in [6, 6.07) is 14.8. The molecule has 0 fully saturated rings. The van der Waals surface area contributed by atoms with Gasteiger partial charge in [0.2, 0.25) is 5.91 Å². The minimum absolute atomic E-state index is 0.0553. The molecule has 0 radical (unpaired) electrons. The number of anilines is 1. The van der Waals surface area contributed by atoms with Crippen molar-refractivity contribution in [3.8, 4) is 0 Å². The summed E-state index contributed by atoms with van der Waals surface area (Å²) in [7, 11) is 0. The minimum Gasteiger partial charge on any atom is -0.324 e. The summed E-state index contributed by atoms with van der Waals surface area (Å²) in [5.41, 5.74) is 3.60. The molecule has 4 nitrogen and oxygen atoms in total. The number of amides is 2. The zero-order valence-corrected chi connectivity index (χ0v) is 15.0. The molecule has 130 valence electrons. The number of nitrogens with one attached hydrogen (secondary N) is 1. The lowest BCUT2D eigenvalue weighted by Crippen LogP contribution is -2.45. The van der Waals surface area contributed by atoms with Crippen molar-refractivity contribution in [3.05, 3.63) is 65.2 Å². The van der Waals surface area contributed by atoms with Gasteiger partial charge in [-0.25, -0.2) is 0 Å². The van der Waals surface area contributed by atoms with Gasteiger partial charge >= 0.3 is 0 Å². The molecule has 0 bridgehead atoms. The number of hydrogen-bond donors (Lipinski definition) is 1. The van der Waals surface area contributed by atoms with Crippen LogP contribution in [0.2, 0.25) is 0 Å². The van der Waals surface area contributed by atoms with Crippen molar-refractivity contribution >= 4 is 17.5 Å². The normalized spacial score (nSPS) is 14.6. The molecule has 1 atom stereocenters. The molecule has 2 amide bonds. The van der Waals surface area contributed by atoms with Crippen LogP contribution < -0.4 is 5.32 Å². The molecule has 25 heavy (non-hydrogen) atoms. The maximum atomic E-state index is 12.9. The standard InChI is InChI=1S/C21H24N2O2/c1-14(2)12-19(20(24)22-17-10-8-15(3)9-11-17)23-13-16-6-4-5-7-18(16)21(23)25/h4-11,14,19H,12-13H2,1-3H3,(H,22,24). The minimum atomic E-state index is -0.471. The van der Waals surface area contributed by atoms with Crippen molar-refractivity contribution in [3.63, 3.8) is 0 Å². The smallest absolute Gasteiger partial charge is 0.255 e. The van der Waals surface area contributed by atoms with Crippen molar-refractivity contribution in [1.29, 1.82) is 0 Å². The van der Waals surface area contributed by atoms with E-state index in [9.17, 15) is 9.59 Å². The zero-order valence-electron chi connectivity index (χ0n) is 15.0. The van der Waals surface area contributed by atoms with Gasteiger partial charge in [0.25, 0.3) is 5.91 Å². The number of carbonyl (C=O) groups is 2. The van der Waals surface area contributed by atoms with Crippen LogP contribution in [0.5, 0.6) is 0 Å². The van der Waals surface area contributed by atoms with E-state index in [1.807, 2.05) is 55.5 Å². The van der Waals surface area contributed by atoms with Gasteiger partial charge in [0.1, 0.15) is 6.04 Å². The van der Waals surface area contributed by atoms with Crippen LogP contribution in [0, 0.1) is 12.8 Å². The number of fused-ring (bicyclic) bond motifs is 1. The quantitative estimate of drug-likeness (QED) is 0.897. The van der Waals surface area contributed by atoms with E-state index in [1.165, 1.54) is 0 Å². The van der Waals surface area contributed by atoms with Crippen LogP contribution in [-0.2, 0) is 11.3 Å². The predicted octanol–water partition coefficient (Wildman–Crippen LogP) is 4.00. The van der Waals surface area contributed by atoms with E-state index in [-0.39, 0.29) is 11.8 Å². The Labute approximate surface area is 148 Å². The molecule has 1 aliphatic rings. The Morgan fingerprint density at radius 3 is 2.44 bits per heavy atom. The summed E-state index contributed by atoms with van der Waals surface area (Å²) in [6.45, 7) is 6.64. The summed E-state index contributed by atoms with van der Waals surface area (Å²) in [6.07, 6.45) is 0.636. The fourth-order valence-corrected chi connectivity index (χ4v) is 3.21. The Kier molecular flexibility index (Phi) is 4.88. The first-order chi connectivity index (χ1) is 12.0. The van der Waals surface area contributed by atoms with Crippen molar-refractivity contribution in [2.24, 2.45) is 5.92 Å². The fourth-order valence-electron chi connectivity index (χ4n) is 3.21. The highest BCUT2D eigenvalue weighted by Crippen LogP contribution is 2.27. The number of rotatable bonds is 5. The third kappa shape index (κ3) is 3.73. The van der Waals surface area contributed by atoms with Crippen molar-refractivity contribution in [2.75, 3.05) is 5.32 Å². The molecule has 4 heteroatoms. The molecular weight excluding hydrogens is 312 g/mol. The fraction of sp³-hybridized carbons (Fsp3) is 0.333. The molecular formula is C21H24N2O2. The topological polar surface area (TPSA) is 49.4 Å². The highest BCUT2D eigenvalue weighted by Gasteiger charge is 2.36. The molecule has 1 unspecified atom stereocenters. The molecule has 1 N–H and O–H groups in total. The van der Waals surface area contributed by atoms with Gasteiger partial charge < -0.3 is 10.2 Å². The number of hydrogen-bond acceptors (Lipinski definition) is 2. The Morgan fingerprint density at radius 2 is 1.80 bits per heavy atom. The molecule has 0 spiro atoms. The molecule has 0 saturated heterocycles. The monoisotopic (exact) mass is 336 g/mol. The molecule has 3 rings (SSSR count). The summed E-state index contributed by atoms with van der Waals surface area (Å²) in [4.78, 5) is 27.4. The Morgan fingerprint density at radius 1 is 1.12 bits per heavy atom. The van der Waals surface area contributed by atoms with Crippen LogP contribution in [0.4, 0.5) is 5.69 Å². The van der Waals surface area contributed by atoms with E-state index in [0.717, 1.165) is 16.8 Å². The first kappa shape index (κ1) is 17.2. The van der Waals surface area contributed by atoms with Gasteiger partial charge in [0, 0.05) is 17.8 Å². The highest BCUT2D eigenvalue weighted by atomic mass is 16.2. The average molecular weight is 336 g/mol. The first-order valence-electron chi connectivity index (χ1n) is 8.72. The number of benzene rings is 2. The number of nitrogens with zero attached hydrogens (tertiary/aromatic N) is 1. The van der Waals surface area contributed by atoms with E-state index in [0.29, 0.717) is 24.4 Å². The summed E-state index contributed by atoms with van der Waals surface area (Å²) in [5.74, 6) is 0.129. The lowest BCUT2D eigenvalue weighted by molar-refractivity contribution is -0.121. The highest BCUT2D eigenvalue weighted by molar-refractivity contribution is 6.03. The van der Waals surface area contributed by atoms with Gasteiger partial charge in [-0.15, -0.1) is 0 Å². The second-order valence-electron chi connectivity index (χ2n) is 7.09. The van der Waals surface area contributed by atoms with E-state index in [1.54, 1.807) is 4.90 Å². The summed E-state index contributed by atoms with van der Waals surface area (Å²) >= 11 is 0. The summed E-state index contributed by atoms with van der Waals surface area (Å²) < 4.78 is 0. The van der Waals surface area contributed by atoms with E-state index < -0.39 is 6.04 Å². The van der Waals surface area contributed by atoms with E-state index >= 15 is 0 Å². The van der Waals surface area contributed by atoms with Gasteiger partial charge in [0.15, 0.2) is 0 Å². The molecule has 0 aliphatic carbocycles. The third-order valence-electron chi connectivity index (χ3n) is 4.54. The van der Waals surface area contributed by atoms with Crippen LogP contribution >= 0.6 is 0 Å². The Balaban J connectivity index is 1.81. The molecule has 1 aliphatic heterocycles. The van der Waals surface area contributed by atoms with Crippen LogP contribution in [0.1, 0.15) is 41.8 Å². The molecule has 0 saturated carbocycles. The largest absolute Gasteiger partial charge is 0.324 e. The van der Waals surface area contributed by atoms with E-state index in [4.69, 9.17) is 0 Å². The van der Waals surface area contributed by atoms with Gasteiger partial charge in [-0.1, -0.05) is 49.7 Å². The van der Waals surface area contributed by atoms with Crippen molar-refractivity contribution in [2.45, 2.75) is 39.8 Å². The summed E-state index contributed by atoms with van der Waals surface area (Å²) in [5, 5.41) is 2.97. The third-order valence-corrected chi connectivity index (χ3v) is 4.54. The lowest BCUT2D eigenvalue weighted by atomic mass is 10.0. The van der Waals surface area contributed by atoms with Crippen LogP contribution in [0.3, 0.4) is 0 Å². The average Bonchev–Trinajstić information content (AvgIpc) is 2.91. The number of carbonyl (C=O) groups excluding carboxylic acids is 2. The zero-order chi connectivity index (χ0) is 18.0. The molecule has 0 aromatic heterocycles. The maximum absolute atomic E-state index is 12.9. The van der Waals surface area contributed by atoms with Crippen LogP contribution in [-0.4, -0.2) is 22.8 Å². The molecule has 2 aromatic carbocycles. The van der Waals surface area contributed by atoms with Crippen LogP contribution in [0.15, 0.2) is 48.5 Å². The van der Waals surface area contributed by atoms with Crippen molar-refractivity contribution < 1.29 is 9.59 Å². The van der Waals surface area contributed by atoms with Gasteiger partial charge in [0.05, 0.1) is 0 Å². The van der Waals surface area contributed by atoms with Gasteiger partial charge in [-0.05, 0) is 43.0 Å². The van der Waals surface area contributed by atoms with Gasteiger partial charge in [-0.2, -0.15) is 0 Å². The lowest BCUT2D eigenvalue weighted by Gasteiger charge is -2.28. The number of aryl methyl sites for hydroxylation is 1. The second kappa shape index (κ2) is 7.09. The SMILES string of the molecule is Cc1ccc(NC(=O)C(CC(C)C)N2Cc3ccccc3C2=O)cc1. The Bertz CT molecular complexity index is 781.